The van der Waals surface area contributed by atoms with Crippen molar-refractivity contribution in [1.29, 1.82) is 0 Å². The Labute approximate surface area is 120 Å². The predicted octanol–water partition coefficient (Wildman–Crippen LogP) is 1.66. The maximum Gasteiger partial charge on any atom is 0.133 e. The molecule has 20 heavy (non-hydrogen) atoms. The molecule has 0 amide bonds. The molecule has 1 fully saturated rings. The smallest absolute Gasteiger partial charge is 0.133 e. The molecule has 3 rings (SSSR count). The second-order valence-corrected chi connectivity index (χ2v) is 5.87. The summed E-state index contributed by atoms with van der Waals surface area (Å²) in [5.74, 6) is 2.52. The van der Waals surface area contributed by atoms with Crippen LogP contribution in [0, 0.1) is 12.8 Å². The number of aromatic nitrogens is 2. The number of hydrogen-bond acceptors (Lipinski definition) is 5. The summed E-state index contributed by atoms with van der Waals surface area (Å²) in [6.07, 6.45) is 4.75. The molecule has 0 spiro atoms. The molecule has 0 aromatic carbocycles. The van der Waals surface area contributed by atoms with Gasteiger partial charge in [-0.3, -0.25) is 0 Å². The third kappa shape index (κ3) is 2.79. The van der Waals surface area contributed by atoms with E-state index >= 15 is 0 Å². The molecule has 1 saturated carbocycles. The minimum Gasteiger partial charge on any atom is -0.384 e. The molecule has 2 atom stereocenters. The summed E-state index contributed by atoms with van der Waals surface area (Å²) in [7, 11) is 1.79. The molecule has 0 radical (unpaired) electrons. The van der Waals surface area contributed by atoms with E-state index in [0.717, 1.165) is 43.5 Å². The first-order valence-electron chi connectivity index (χ1n) is 7.60. The van der Waals surface area contributed by atoms with Crippen molar-refractivity contribution in [2.45, 2.75) is 45.2 Å². The lowest BCUT2D eigenvalue weighted by Crippen LogP contribution is -2.31. The van der Waals surface area contributed by atoms with Gasteiger partial charge in [-0.2, -0.15) is 0 Å². The molecule has 0 unspecified atom stereocenters. The molecule has 5 heteroatoms. The number of nitrogens with one attached hydrogen (secondary N) is 2. The molecule has 1 aliphatic heterocycles. The minimum atomic E-state index is 0.489. The van der Waals surface area contributed by atoms with Gasteiger partial charge in [0.05, 0.1) is 12.3 Å². The quantitative estimate of drug-likeness (QED) is 0.876. The Hall–Kier alpha value is -1.20. The van der Waals surface area contributed by atoms with Crippen molar-refractivity contribution in [3.63, 3.8) is 0 Å². The third-order valence-corrected chi connectivity index (χ3v) is 4.41. The van der Waals surface area contributed by atoms with Gasteiger partial charge in [0.25, 0.3) is 0 Å². The van der Waals surface area contributed by atoms with Crippen LogP contribution < -0.4 is 10.6 Å². The lowest BCUT2D eigenvalue weighted by molar-refractivity contribution is 0.150. The SMILES string of the molecule is COC[C@H]1CCC[C@H]1Nc1nc(C)nc2c1CCNC2. The molecular formula is C15H24N4O. The maximum atomic E-state index is 5.35. The number of aryl methyl sites for hydroxylation is 1. The first-order chi connectivity index (χ1) is 9.78. The van der Waals surface area contributed by atoms with Crippen LogP contribution in [0.15, 0.2) is 0 Å². The van der Waals surface area contributed by atoms with Crippen molar-refractivity contribution in [2.75, 3.05) is 25.6 Å². The first-order valence-corrected chi connectivity index (χ1v) is 7.60. The summed E-state index contributed by atoms with van der Waals surface area (Å²) in [5.41, 5.74) is 2.46. The Morgan fingerprint density at radius 3 is 3.10 bits per heavy atom. The van der Waals surface area contributed by atoms with E-state index in [1.165, 1.54) is 24.8 Å². The van der Waals surface area contributed by atoms with Crippen LogP contribution >= 0.6 is 0 Å². The molecule has 2 aliphatic rings. The van der Waals surface area contributed by atoms with Gasteiger partial charge in [0.1, 0.15) is 11.6 Å². The summed E-state index contributed by atoms with van der Waals surface area (Å²) in [6, 6.07) is 0.489. The first kappa shape index (κ1) is 13.8. The molecule has 2 N–H and O–H groups in total. The standard InChI is InChI=1S/C15H24N4O/c1-10-17-14-8-16-7-6-12(14)15(18-10)19-13-5-3-4-11(13)9-20-2/h11,13,16H,3-9H2,1-2H3,(H,17,18,19)/t11-,13-/m1/s1. The zero-order valence-electron chi connectivity index (χ0n) is 12.4. The van der Waals surface area contributed by atoms with Crippen molar-refractivity contribution in [1.82, 2.24) is 15.3 Å². The van der Waals surface area contributed by atoms with Crippen LogP contribution in [-0.2, 0) is 17.7 Å². The van der Waals surface area contributed by atoms with Crippen molar-refractivity contribution in [3.8, 4) is 0 Å². The minimum absolute atomic E-state index is 0.489. The molecule has 1 aliphatic carbocycles. The van der Waals surface area contributed by atoms with Crippen LogP contribution in [0.3, 0.4) is 0 Å². The highest BCUT2D eigenvalue weighted by molar-refractivity contribution is 5.48. The van der Waals surface area contributed by atoms with Crippen LogP contribution in [0.5, 0.6) is 0 Å². The molecule has 1 aromatic heterocycles. The summed E-state index contributed by atoms with van der Waals surface area (Å²) >= 11 is 0. The van der Waals surface area contributed by atoms with Crippen LogP contribution in [0.2, 0.25) is 0 Å². The Morgan fingerprint density at radius 1 is 1.35 bits per heavy atom. The van der Waals surface area contributed by atoms with E-state index in [0.29, 0.717) is 12.0 Å². The van der Waals surface area contributed by atoms with E-state index in [9.17, 15) is 0 Å². The fourth-order valence-electron chi connectivity index (χ4n) is 3.42. The van der Waals surface area contributed by atoms with Gasteiger partial charge in [0.15, 0.2) is 0 Å². The van der Waals surface area contributed by atoms with Crippen molar-refractivity contribution < 1.29 is 4.74 Å². The topological polar surface area (TPSA) is 59.1 Å². The lowest BCUT2D eigenvalue weighted by atomic mass is 10.0. The van der Waals surface area contributed by atoms with Gasteiger partial charge in [0, 0.05) is 31.2 Å². The lowest BCUT2D eigenvalue weighted by Gasteiger charge is -2.25. The van der Waals surface area contributed by atoms with Crippen LogP contribution in [0.25, 0.3) is 0 Å². The molecule has 2 heterocycles. The van der Waals surface area contributed by atoms with E-state index in [-0.39, 0.29) is 0 Å². The number of nitrogens with zero attached hydrogens (tertiary/aromatic N) is 2. The number of ether oxygens (including phenoxy) is 1. The van der Waals surface area contributed by atoms with Crippen molar-refractivity contribution >= 4 is 5.82 Å². The van der Waals surface area contributed by atoms with Gasteiger partial charge < -0.3 is 15.4 Å². The number of rotatable bonds is 4. The molecule has 110 valence electrons. The Balaban J connectivity index is 1.81. The Kier molecular flexibility index (Phi) is 4.17. The van der Waals surface area contributed by atoms with E-state index < -0.39 is 0 Å². The van der Waals surface area contributed by atoms with Gasteiger partial charge in [-0.15, -0.1) is 0 Å². The van der Waals surface area contributed by atoms with Gasteiger partial charge in [-0.1, -0.05) is 6.42 Å². The van der Waals surface area contributed by atoms with E-state index in [4.69, 9.17) is 4.74 Å². The highest BCUT2D eigenvalue weighted by Gasteiger charge is 2.28. The van der Waals surface area contributed by atoms with E-state index in [1.54, 1.807) is 7.11 Å². The van der Waals surface area contributed by atoms with E-state index in [2.05, 4.69) is 20.6 Å². The van der Waals surface area contributed by atoms with Gasteiger partial charge >= 0.3 is 0 Å². The summed E-state index contributed by atoms with van der Waals surface area (Å²) in [4.78, 5) is 9.22. The number of fused-ring (bicyclic) bond motifs is 1. The largest absolute Gasteiger partial charge is 0.384 e. The van der Waals surface area contributed by atoms with Crippen molar-refractivity contribution in [2.24, 2.45) is 5.92 Å². The second-order valence-electron chi connectivity index (χ2n) is 5.87. The van der Waals surface area contributed by atoms with Gasteiger partial charge in [-0.25, -0.2) is 9.97 Å². The van der Waals surface area contributed by atoms with Crippen LogP contribution in [0.1, 0.15) is 36.3 Å². The molecule has 1 aromatic rings. The van der Waals surface area contributed by atoms with Crippen molar-refractivity contribution in [3.05, 3.63) is 17.1 Å². The number of anilines is 1. The molecular weight excluding hydrogens is 252 g/mol. The maximum absolute atomic E-state index is 5.35. The highest BCUT2D eigenvalue weighted by atomic mass is 16.5. The Bertz CT molecular complexity index is 477. The van der Waals surface area contributed by atoms with Crippen LogP contribution in [-0.4, -0.2) is 36.3 Å². The predicted molar refractivity (Wildman–Crippen MR) is 78.8 cm³/mol. The summed E-state index contributed by atoms with van der Waals surface area (Å²) in [6.45, 7) is 4.69. The monoisotopic (exact) mass is 276 g/mol. The molecule has 5 nitrogen and oxygen atoms in total. The fourth-order valence-corrected chi connectivity index (χ4v) is 3.42. The van der Waals surface area contributed by atoms with Gasteiger partial charge in [0.2, 0.25) is 0 Å². The average molecular weight is 276 g/mol. The van der Waals surface area contributed by atoms with Gasteiger partial charge in [-0.05, 0) is 32.7 Å². The number of hydrogen-bond donors (Lipinski definition) is 2. The molecule has 0 bridgehead atoms. The normalized spacial score (nSPS) is 25.5. The third-order valence-electron chi connectivity index (χ3n) is 4.41. The zero-order chi connectivity index (χ0) is 13.9. The number of methoxy groups -OCH3 is 1. The van der Waals surface area contributed by atoms with E-state index in [1.807, 2.05) is 6.92 Å². The highest BCUT2D eigenvalue weighted by Crippen LogP contribution is 2.30. The average Bonchev–Trinajstić information content (AvgIpc) is 2.86. The van der Waals surface area contributed by atoms with Crippen LogP contribution in [0.4, 0.5) is 5.82 Å². The molecule has 0 saturated heterocycles. The zero-order valence-corrected chi connectivity index (χ0v) is 12.4. The Morgan fingerprint density at radius 2 is 2.25 bits per heavy atom. The fraction of sp³-hybridized carbons (Fsp3) is 0.733. The summed E-state index contributed by atoms with van der Waals surface area (Å²) < 4.78 is 5.35. The summed E-state index contributed by atoms with van der Waals surface area (Å²) in [5, 5.41) is 7.07. The second kappa shape index (κ2) is 6.06.